The van der Waals surface area contributed by atoms with Gasteiger partial charge in [0.2, 0.25) is 10.0 Å². The van der Waals surface area contributed by atoms with E-state index in [4.69, 9.17) is 5.11 Å². The topological polar surface area (TPSA) is 83.5 Å². The summed E-state index contributed by atoms with van der Waals surface area (Å²) in [6.45, 7) is 1.28. The van der Waals surface area contributed by atoms with E-state index in [9.17, 15) is 13.2 Å². The lowest BCUT2D eigenvalue weighted by molar-refractivity contribution is -0.138. The molecule has 0 unspecified atom stereocenters. The minimum absolute atomic E-state index is 0.0978. The van der Waals surface area contributed by atoms with Gasteiger partial charge in [0.05, 0.1) is 4.90 Å². The Morgan fingerprint density at radius 3 is 2.53 bits per heavy atom. The van der Waals surface area contributed by atoms with Crippen molar-refractivity contribution in [3.8, 4) is 0 Å². The lowest BCUT2D eigenvalue weighted by atomic mass is 10.4. The van der Waals surface area contributed by atoms with E-state index in [1.807, 2.05) is 0 Å². The molecule has 94 valence electrons. The first-order valence-corrected chi connectivity index (χ1v) is 7.47. The van der Waals surface area contributed by atoms with Crippen LogP contribution in [-0.2, 0) is 14.8 Å². The van der Waals surface area contributed by atoms with Crippen LogP contribution in [-0.4, -0.2) is 31.8 Å². The first kappa shape index (κ1) is 14.0. The Bertz CT molecular complexity index is 513. The van der Waals surface area contributed by atoms with Gasteiger partial charge in [-0.15, -0.1) is 11.8 Å². The maximum Gasteiger partial charge on any atom is 0.321 e. The van der Waals surface area contributed by atoms with E-state index < -0.39 is 22.0 Å². The summed E-state index contributed by atoms with van der Waals surface area (Å²) in [6.07, 6.45) is 1.76. The molecule has 0 aliphatic carbocycles. The number of rotatable bonds is 5. The van der Waals surface area contributed by atoms with E-state index in [2.05, 4.69) is 4.72 Å². The molecule has 0 radical (unpaired) electrons. The van der Waals surface area contributed by atoms with E-state index >= 15 is 0 Å². The summed E-state index contributed by atoms with van der Waals surface area (Å²) in [4.78, 5) is 11.3. The number of aliphatic carboxylic acids is 1. The predicted octanol–water partition coefficient (Wildman–Crippen LogP) is 1.16. The molecule has 0 spiro atoms. The Balaban J connectivity index is 3.09. The van der Waals surface area contributed by atoms with E-state index in [1.54, 1.807) is 24.5 Å². The van der Waals surface area contributed by atoms with Gasteiger partial charge in [-0.3, -0.25) is 4.79 Å². The molecule has 2 N–H and O–H groups in total. The number of thioether (sulfide) groups is 1. The highest BCUT2D eigenvalue weighted by Crippen LogP contribution is 2.24. The van der Waals surface area contributed by atoms with Gasteiger partial charge in [-0.1, -0.05) is 12.1 Å². The highest BCUT2D eigenvalue weighted by molar-refractivity contribution is 7.99. The van der Waals surface area contributed by atoms with Gasteiger partial charge in [-0.2, -0.15) is 4.72 Å². The zero-order valence-electron chi connectivity index (χ0n) is 9.38. The maximum atomic E-state index is 11.9. The highest BCUT2D eigenvalue weighted by atomic mass is 32.2. The van der Waals surface area contributed by atoms with Crippen molar-refractivity contribution >= 4 is 27.8 Å². The van der Waals surface area contributed by atoms with E-state index in [1.165, 1.54) is 24.8 Å². The van der Waals surface area contributed by atoms with Gasteiger partial charge in [-0.05, 0) is 25.3 Å². The van der Waals surface area contributed by atoms with Crippen LogP contribution in [0.15, 0.2) is 34.1 Å². The summed E-state index contributed by atoms with van der Waals surface area (Å²) in [6, 6.07) is 5.29. The van der Waals surface area contributed by atoms with Crippen molar-refractivity contribution in [2.45, 2.75) is 22.8 Å². The second-order valence-electron chi connectivity index (χ2n) is 3.33. The van der Waals surface area contributed by atoms with Crippen molar-refractivity contribution in [3.05, 3.63) is 24.3 Å². The Hall–Kier alpha value is -1.05. The average molecular weight is 275 g/mol. The molecule has 1 rings (SSSR count). The summed E-state index contributed by atoms with van der Waals surface area (Å²) in [7, 11) is -3.80. The van der Waals surface area contributed by atoms with E-state index in [0.717, 1.165) is 0 Å². The zero-order valence-corrected chi connectivity index (χ0v) is 11.0. The molecular weight excluding hydrogens is 262 g/mol. The Kier molecular flexibility index (Phi) is 4.55. The summed E-state index contributed by atoms with van der Waals surface area (Å²) in [5.41, 5.74) is 0. The van der Waals surface area contributed by atoms with Crippen molar-refractivity contribution in [3.63, 3.8) is 0 Å². The average Bonchev–Trinajstić information content (AvgIpc) is 2.28. The second-order valence-corrected chi connectivity index (χ2v) is 5.86. The molecule has 17 heavy (non-hydrogen) atoms. The van der Waals surface area contributed by atoms with Crippen LogP contribution < -0.4 is 4.72 Å². The van der Waals surface area contributed by atoms with E-state index in [0.29, 0.717) is 4.90 Å². The molecule has 7 heteroatoms. The first-order chi connectivity index (χ1) is 7.88. The molecule has 0 heterocycles. The minimum atomic E-state index is -3.80. The van der Waals surface area contributed by atoms with Gasteiger partial charge < -0.3 is 5.11 Å². The van der Waals surface area contributed by atoms with E-state index in [-0.39, 0.29) is 4.90 Å². The molecule has 5 nitrogen and oxygen atoms in total. The fourth-order valence-corrected chi connectivity index (χ4v) is 3.53. The smallest absolute Gasteiger partial charge is 0.321 e. The molecule has 0 fully saturated rings. The maximum absolute atomic E-state index is 11.9. The molecule has 0 aliphatic rings. The van der Waals surface area contributed by atoms with Crippen molar-refractivity contribution in [1.29, 1.82) is 0 Å². The molecule has 0 saturated heterocycles. The molecule has 0 saturated carbocycles. The summed E-state index contributed by atoms with van der Waals surface area (Å²) in [5.74, 6) is -1.21. The summed E-state index contributed by atoms with van der Waals surface area (Å²) >= 11 is 1.29. The molecule has 0 aliphatic heterocycles. The number of carboxylic acids is 1. The van der Waals surface area contributed by atoms with Crippen molar-refractivity contribution in [2.75, 3.05) is 6.26 Å². The molecule has 0 amide bonds. The molecule has 0 bridgehead atoms. The standard InChI is InChI=1S/C10H13NO4S2/c1-7(10(12)13)11-17(14,15)9-6-4-3-5-8(9)16-2/h3-7,11H,1-2H3,(H,12,13)/t7-/m1/s1. The summed E-state index contributed by atoms with van der Waals surface area (Å²) < 4.78 is 26.0. The predicted molar refractivity (Wildman–Crippen MR) is 65.6 cm³/mol. The summed E-state index contributed by atoms with van der Waals surface area (Å²) in [5, 5.41) is 8.69. The minimum Gasteiger partial charge on any atom is -0.480 e. The monoisotopic (exact) mass is 275 g/mol. The zero-order chi connectivity index (χ0) is 13.1. The number of carbonyl (C=O) groups is 1. The number of carboxylic acid groups (broad SMARTS) is 1. The van der Waals surface area contributed by atoms with Crippen LogP contribution in [0.2, 0.25) is 0 Å². The SMILES string of the molecule is CSc1ccccc1S(=O)(=O)N[C@H](C)C(=O)O. The second kappa shape index (κ2) is 5.52. The van der Waals surface area contributed by atoms with Crippen molar-refractivity contribution < 1.29 is 18.3 Å². The molecule has 1 atom stereocenters. The Morgan fingerprint density at radius 1 is 1.41 bits per heavy atom. The van der Waals surface area contributed by atoms with Gasteiger partial charge in [0, 0.05) is 4.90 Å². The third-order valence-electron chi connectivity index (χ3n) is 2.06. The number of sulfonamides is 1. The number of hydrogen-bond donors (Lipinski definition) is 2. The lowest BCUT2D eigenvalue weighted by Gasteiger charge is -2.12. The number of hydrogen-bond acceptors (Lipinski definition) is 4. The molecule has 1 aromatic rings. The Morgan fingerprint density at radius 2 is 2.00 bits per heavy atom. The van der Waals surface area contributed by atoms with Crippen molar-refractivity contribution in [2.24, 2.45) is 0 Å². The van der Waals surface area contributed by atoms with Crippen LogP contribution in [0.1, 0.15) is 6.92 Å². The fraction of sp³-hybridized carbons (Fsp3) is 0.300. The van der Waals surface area contributed by atoms with Gasteiger partial charge >= 0.3 is 5.97 Å². The Labute approximate surface area is 104 Å². The van der Waals surface area contributed by atoms with Gasteiger partial charge in [-0.25, -0.2) is 8.42 Å². The molecule has 0 aromatic heterocycles. The van der Waals surface area contributed by atoms with Gasteiger partial charge in [0.25, 0.3) is 0 Å². The normalized spacial score (nSPS) is 13.3. The van der Waals surface area contributed by atoms with Crippen LogP contribution in [0.5, 0.6) is 0 Å². The third kappa shape index (κ3) is 3.45. The van der Waals surface area contributed by atoms with Crippen LogP contribution >= 0.6 is 11.8 Å². The quantitative estimate of drug-likeness (QED) is 0.788. The largest absolute Gasteiger partial charge is 0.480 e. The van der Waals surface area contributed by atoms with Crippen LogP contribution in [0, 0.1) is 0 Å². The van der Waals surface area contributed by atoms with Gasteiger partial charge in [0.15, 0.2) is 0 Å². The number of benzene rings is 1. The van der Waals surface area contributed by atoms with Crippen LogP contribution in [0.25, 0.3) is 0 Å². The fourth-order valence-electron chi connectivity index (χ4n) is 1.19. The van der Waals surface area contributed by atoms with Gasteiger partial charge in [0.1, 0.15) is 6.04 Å². The first-order valence-electron chi connectivity index (χ1n) is 4.76. The van der Waals surface area contributed by atoms with Crippen LogP contribution in [0.4, 0.5) is 0 Å². The van der Waals surface area contributed by atoms with Crippen LogP contribution in [0.3, 0.4) is 0 Å². The highest BCUT2D eigenvalue weighted by Gasteiger charge is 2.23. The third-order valence-corrected chi connectivity index (χ3v) is 4.58. The number of nitrogens with one attached hydrogen (secondary N) is 1. The molecular formula is C10H13NO4S2. The molecule has 1 aromatic carbocycles. The van der Waals surface area contributed by atoms with Crippen molar-refractivity contribution in [1.82, 2.24) is 4.72 Å². The lowest BCUT2D eigenvalue weighted by Crippen LogP contribution is -2.38.